The second-order valence-electron chi connectivity index (χ2n) is 7.51. The van der Waals surface area contributed by atoms with Crippen molar-refractivity contribution in [3.8, 4) is 0 Å². The van der Waals surface area contributed by atoms with E-state index < -0.39 is 12.0 Å². The summed E-state index contributed by atoms with van der Waals surface area (Å²) in [7, 11) is 0. The Balaban J connectivity index is 1.46. The molecule has 9 nitrogen and oxygen atoms in total. The number of carbonyl (C=O) groups excluding carboxylic acids is 2. The number of piperazine rings is 1. The second-order valence-corrected chi connectivity index (χ2v) is 7.51. The predicted molar refractivity (Wildman–Crippen MR) is 103 cm³/mol. The molecule has 1 saturated heterocycles. The number of aromatic amines is 1. The van der Waals surface area contributed by atoms with Gasteiger partial charge in [0.15, 0.2) is 5.69 Å². The molecular formula is C20H22FN5O4. The van der Waals surface area contributed by atoms with Crippen molar-refractivity contribution >= 4 is 17.8 Å². The van der Waals surface area contributed by atoms with Crippen molar-refractivity contribution in [3.05, 3.63) is 52.6 Å². The van der Waals surface area contributed by atoms with Crippen LogP contribution < -0.4 is 5.32 Å². The van der Waals surface area contributed by atoms with E-state index in [0.717, 1.165) is 11.3 Å². The van der Waals surface area contributed by atoms with Crippen LogP contribution in [0.3, 0.4) is 0 Å². The maximum absolute atomic E-state index is 13.2. The van der Waals surface area contributed by atoms with E-state index in [0.29, 0.717) is 38.2 Å². The van der Waals surface area contributed by atoms with Crippen molar-refractivity contribution in [2.24, 2.45) is 0 Å². The molecule has 2 amide bonds. The van der Waals surface area contributed by atoms with Gasteiger partial charge in [0.2, 0.25) is 11.8 Å². The summed E-state index contributed by atoms with van der Waals surface area (Å²) in [6.07, 6.45) is 0.472. The Morgan fingerprint density at radius 1 is 1.23 bits per heavy atom. The first-order chi connectivity index (χ1) is 14.4. The predicted octanol–water partition coefficient (Wildman–Crippen LogP) is 0.522. The Kier molecular flexibility index (Phi) is 5.49. The molecule has 0 radical (unpaired) electrons. The van der Waals surface area contributed by atoms with Crippen LogP contribution in [-0.4, -0.2) is 68.6 Å². The van der Waals surface area contributed by atoms with Gasteiger partial charge < -0.3 is 15.3 Å². The Morgan fingerprint density at radius 2 is 2.00 bits per heavy atom. The molecule has 0 saturated carbocycles. The van der Waals surface area contributed by atoms with Crippen LogP contribution in [0.2, 0.25) is 0 Å². The van der Waals surface area contributed by atoms with Crippen LogP contribution in [0.5, 0.6) is 0 Å². The van der Waals surface area contributed by atoms with Crippen molar-refractivity contribution in [3.63, 3.8) is 0 Å². The van der Waals surface area contributed by atoms with E-state index >= 15 is 0 Å². The summed E-state index contributed by atoms with van der Waals surface area (Å²) in [5.41, 5.74) is 2.02. The fraction of sp³-hybridized carbons (Fsp3) is 0.400. The quantitative estimate of drug-likeness (QED) is 0.655. The van der Waals surface area contributed by atoms with E-state index in [4.69, 9.17) is 0 Å². The number of carbonyl (C=O) groups is 3. The minimum Gasteiger partial charge on any atom is -0.476 e. The summed E-state index contributed by atoms with van der Waals surface area (Å²) in [6, 6.07) is 5.44. The first-order valence-corrected chi connectivity index (χ1v) is 9.75. The zero-order chi connectivity index (χ0) is 21.3. The Labute approximate surface area is 171 Å². The molecule has 0 bridgehead atoms. The number of rotatable bonds is 5. The van der Waals surface area contributed by atoms with Crippen molar-refractivity contribution in [2.45, 2.75) is 32.0 Å². The highest BCUT2D eigenvalue weighted by molar-refractivity contribution is 5.90. The van der Waals surface area contributed by atoms with Gasteiger partial charge in [-0.1, -0.05) is 12.1 Å². The van der Waals surface area contributed by atoms with Gasteiger partial charge in [-0.15, -0.1) is 0 Å². The second kappa shape index (κ2) is 8.23. The number of aromatic carboxylic acids is 1. The van der Waals surface area contributed by atoms with Crippen LogP contribution in [0.1, 0.15) is 33.7 Å². The number of benzene rings is 1. The van der Waals surface area contributed by atoms with Gasteiger partial charge in [-0.3, -0.25) is 19.6 Å². The van der Waals surface area contributed by atoms with Gasteiger partial charge >= 0.3 is 5.97 Å². The molecule has 4 rings (SSSR count). The fourth-order valence-corrected chi connectivity index (χ4v) is 3.98. The first-order valence-electron chi connectivity index (χ1n) is 9.75. The molecule has 1 aromatic carbocycles. The zero-order valence-electron chi connectivity index (χ0n) is 16.2. The molecule has 2 aromatic rings. The molecule has 1 fully saturated rings. The van der Waals surface area contributed by atoms with Crippen molar-refractivity contribution in [1.29, 1.82) is 0 Å². The monoisotopic (exact) mass is 415 g/mol. The number of halogens is 1. The maximum atomic E-state index is 13.2. The molecule has 1 unspecified atom stereocenters. The average Bonchev–Trinajstić information content (AvgIpc) is 3.15. The van der Waals surface area contributed by atoms with E-state index in [1.54, 1.807) is 17.0 Å². The number of hydrogen-bond donors (Lipinski definition) is 3. The molecular weight excluding hydrogens is 393 g/mol. The number of carboxylic acid groups (broad SMARTS) is 1. The van der Waals surface area contributed by atoms with Crippen LogP contribution in [0.4, 0.5) is 4.39 Å². The minimum absolute atomic E-state index is 0.0113. The summed E-state index contributed by atoms with van der Waals surface area (Å²) < 4.78 is 13.2. The summed E-state index contributed by atoms with van der Waals surface area (Å²) in [4.78, 5) is 40.3. The van der Waals surface area contributed by atoms with Gasteiger partial charge in [0, 0.05) is 50.4 Å². The Hall–Kier alpha value is -3.27. The highest BCUT2D eigenvalue weighted by Gasteiger charge is 2.34. The van der Waals surface area contributed by atoms with Gasteiger partial charge in [0.25, 0.3) is 0 Å². The molecule has 0 spiro atoms. The smallest absolute Gasteiger partial charge is 0.356 e. The van der Waals surface area contributed by atoms with Gasteiger partial charge in [-0.2, -0.15) is 5.10 Å². The highest BCUT2D eigenvalue weighted by atomic mass is 19.1. The molecule has 2 aliphatic heterocycles. The van der Waals surface area contributed by atoms with Crippen LogP contribution >= 0.6 is 0 Å². The lowest BCUT2D eigenvalue weighted by Crippen LogP contribution is -2.56. The Morgan fingerprint density at radius 3 is 2.73 bits per heavy atom. The summed E-state index contributed by atoms with van der Waals surface area (Å²) in [6.45, 7) is 2.07. The maximum Gasteiger partial charge on any atom is 0.356 e. The average molecular weight is 415 g/mol. The standard InChI is InChI=1S/C20H22FN5O4/c21-13-3-1-12(2-4-13)10-25-8-6-22-19(28)16(25)9-17(27)26-7-5-15-14(11-26)18(20(29)30)24-23-15/h1-4,16H,5-11H2,(H,22,28)(H,23,24)(H,29,30). The van der Waals surface area contributed by atoms with E-state index in [2.05, 4.69) is 15.5 Å². The molecule has 3 N–H and O–H groups in total. The number of nitrogens with one attached hydrogen (secondary N) is 2. The highest BCUT2D eigenvalue weighted by Crippen LogP contribution is 2.22. The summed E-state index contributed by atoms with van der Waals surface area (Å²) in [5.74, 6) is -1.90. The number of hydrogen-bond acceptors (Lipinski definition) is 5. The summed E-state index contributed by atoms with van der Waals surface area (Å²) in [5, 5.41) is 18.6. The number of aromatic nitrogens is 2. The van der Waals surface area contributed by atoms with Crippen molar-refractivity contribution in [2.75, 3.05) is 19.6 Å². The number of amides is 2. The third kappa shape index (κ3) is 4.04. The van der Waals surface area contributed by atoms with E-state index in [9.17, 15) is 23.9 Å². The zero-order valence-corrected chi connectivity index (χ0v) is 16.2. The normalized spacial score (nSPS) is 19.3. The van der Waals surface area contributed by atoms with Gasteiger partial charge in [0.05, 0.1) is 12.5 Å². The van der Waals surface area contributed by atoms with Crippen LogP contribution in [0.25, 0.3) is 0 Å². The molecule has 0 aliphatic carbocycles. The van der Waals surface area contributed by atoms with Crippen molar-refractivity contribution in [1.82, 2.24) is 25.3 Å². The van der Waals surface area contributed by atoms with E-state index in [-0.39, 0.29) is 36.3 Å². The molecule has 1 atom stereocenters. The third-order valence-electron chi connectivity index (χ3n) is 5.60. The number of carboxylic acids is 1. The largest absolute Gasteiger partial charge is 0.476 e. The third-order valence-corrected chi connectivity index (χ3v) is 5.60. The lowest BCUT2D eigenvalue weighted by molar-refractivity contribution is -0.139. The van der Waals surface area contributed by atoms with Crippen molar-refractivity contribution < 1.29 is 23.9 Å². The lowest BCUT2D eigenvalue weighted by atomic mass is 10.0. The molecule has 2 aliphatic rings. The molecule has 1 aromatic heterocycles. The van der Waals surface area contributed by atoms with Gasteiger partial charge in [0.1, 0.15) is 5.82 Å². The fourth-order valence-electron chi connectivity index (χ4n) is 3.98. The number of fused-ring (bicyclic) bond motifs is 1. The molecule has 158 valence electrons. The number of H-pyrrole nitrogens is 1. The van der Waals surface area contributed by atoms with Crippen LogP contribution in [0, 0.1) is 5.82 Å². The van der Waals surface area contributed by atoms with Gasteiger partial charge in [-0.05, 0) is 17.7 Å². The minimum atomic E-state index is -1.14. The SMILES string of the molecule is O=C(O)c1n[nH]c2c1CN(C(=O)CC1C(=O)NCCN1Cc1ccc(F)cc1)CC2. The lowest BCUT2D eigenvalue weighted by Gasteiger charge is -2.36. The van der Waals surface area contributed by atoms with Crippen LogP contribution in [0.15, 0.2) is 24.3 Å². The molecule has 30 heavy (non-hydrogen) atoms. The molecule has 10 heteroatoms. The first kappa shape index (κ1) is 20.0. The van der Waals surface area contributed by atoms with E-state index in [1.807, 2.05) is 4.90 Å². The Bertz CT molecular complexity index is 974. The number of nitrogens with zero attached hydrogens (tertiary/aromatic N) is 3. The van der Waals surface area contributed by atoms with Gasteiger partial charge in [-0.25, -0.2) is 9.18 Å². The van der Waals surface area contributed by atoms with Crippen LogP contribution in [-0.2, 0) is 29.1 Å². The summed E-state index contributed by atoms with van der Waals surface area (Å²) >= 11 is 0. The van der Waals surface area contributed by atoms with E-state index in [1.165, 1.54) is 12.1 Å². The topological polar surface area (TPSA) is 119 Å². The molecule has 3 heterocycles.